The van der Waals surface area contributed by atoms with E-state index in [9.17, 15) is 18.0 Å². The Morgan fingerprint density at radius 3 is 2.47 bits per heavy atom. The van der Waals surface area contributed by atoms with Crippen LogP contribution in [-0.2, 0) is 0 Å². The minimum absolute atomic E-state index is 0.0444. The fourth-order valence-electron chi connectivity index (χ4n) is 1.10. The van der Waals surface area contributed by atoms with Gasteiger partial charge in [0.2, 0.25) is 5.91 Å². The van der Waals surface area contributed by atoms with Crippen LogP contribution in [0.5, 0.6) is 11.5 Å². The molecular formula is C10H10F3NO3. The van der Waals surface area contributed by atoms with E-state index in [1.165, 1.54) is 19.2 Å². The lowest BCUT2D eigenvalue weighted by Crippen LogP contribution is -2.20. The minimum atomic E-state index is -4.46. The largest absolute Gasteiger partial charge is 0.493 e. The Hall–Kier alpha value is -1.92. The number of rotatable bonds is 4. The smallest absolute Gasteiger partial charge is 0.422 e. The molecule has 7 heteroatoms. The van der Waals surface area contributed by atoms with E-state index >= 15 is 0 Å². The molecule has 0 aliphatic carbocycles. The van der Waals surface area contributed by atoms with E-state index in [-0.39, 0.29) is 17.1 Å². The molecule has 17 heavy (non-hydrogen) atoms. The first-order chi connectivity index (χ1) is 7.83. The molecule has 0 unspecified atom stereocenters. The number of hydrogen-bond donors (Lipinski definition) is 1. The number of alkyl halides is 3. The molecule has 0 atom stereocenters. The van der Waals surface area contributed by atoms with Crippen LogP contribution in [0.25, 0.3) is 0 Å². The summed E-state index contributed by atoms with van der Waals surface area (Å²) in [6, 6.07) is 3.75. The lowest BCUT2D eigenvalue weighted by Gasteiger charge is -2.12. The average molecular weight is 249 g/mol. The number of halogens is 3. The maximum Gasteiger partial charge on any atom is 0.422 e. The van der Waals surface area contributed by atoms with Crippen molar-refractivity contribution in [3.8, 4) is 11.5 Å². The number of amides is 1. The van der Waals surface area contributed by atoms with Crippen LogP contribution in [0.3, 0.4) is 0 Å². The van der Waals surface area contributed by atoms with Gasteiger partial charge in [0, 0.05) is 5.56 Å². The summed E-state index contributed by atoms with van der Waals surface area (Å²) >= 11 is 0. The van der Waals surface area contributed by atoms with Crippen LogP contribution in [0, 0.1) is 0 Å². The van der Waals surface area contributed by atoms with Crippen LogP contribution in [0.15, 0.2) is 18.2 Å². The van der Waals surface area contributed by atoms with Crippen LogP contribution in [0.1, 0.15) is 10.4 Å². The van der Waals surface area contributed by atoms with Crippen molar-refractivity contribution in [2.24, 2.45) is 5.73 Å². The van der Waals surface area contributed by atoms with Gasteiger partial charge in [0.1, 0.15) is 0 Å². The Morgan fingerprint density at radius 2 is 2.00 bits per heavy atom. The van der Waals surface area contributed by atoms with Gasteiger partial charge in [0.15, 0.2) is 18.1 Å². The number of carbonyl (C=O) groups is 1. The Balaban J connectivity index is 2.94. The molecule has 0 bridgehead atoms. The topological polar surface area (TPSA) is 61.5 Å². The lowest BCUT2D eigenvalue weighted by molar-refractivity contribution is -0.153. The second-order valence-corrected chi connectivity index (χ2v) is 3.13. The zero-order valence-corrected chi connectivity index (χ0v) is 8.88. The lowest BCUT2D eigenvalue weighted by atomic mass is 10.2. The summed E-state index contributed by atoms with van der Waals surface area (Å²) in [5.41, 5.74) is 5.04. The highest BCUT2D eigenvalue weighted by Crippen LogP contribution is 2.29. The van der Waals surface area contributed by atoms with Crippen molar-refractivity contribution < 1.29 is 27.4 Å². The number of ether oxygens (including phenoxy) is 2. The third kappa shape index (κ3) is 3.86. The van der Waals surface area contributed by atoms with E-state index < -0.39 is 18.7 Å². The molecule has 0 fully saturated rings. The predicted molar refractivity (Wildman–Crippen MR) is 53.1 cm³/mol. The van der Waals surface area contributed by atoms with Gasteiger partial charge < -0.3 is 15.2 Å². The first-order valence-corrected chi connectivity index (χ1v) is 4.51. The molecule has 0 aliphatic rings. The van der Waals surface area contributed by atoms with Crippen molar-refractivity contribution >= 4 is 5.91 Å². The molecular weight excluding hydrogens is 239 g/mol. The van der Waals surface area contributed by atoms with E-state index in [2.05, 4.69) is 4.74 Å². The van der Waals surface area contributed by atoms with Gasteiger partial charge in [-0.2, -0.15) is 13.2 Å². The summed E-state index contributed by atoms with van der Waals surface area (Å²) in [5.74, 6) is -0.843. The average Bonchev–Trinajstić information content (AvgIpc) is 2.24. The number of benzene rings is 1. The predicted octanol–water partition coefficient (Wildman–Crippen LogP) is 1.74. The fourth-order valence-corrected chi connectivity index (χ4v) is 1.10. The third-order valence-electron chi connectivity index (χ3n) is 1.84. The molecule has 0 radical (unpaired) electrons. The summed E-state index contributed by atoms with van der Waals surface area (Å²) in [7, 11) is 1.28. The minimum Gasteiger partial charge on any atom is -0.493 e. The molecule has 0 saturated heterocycles. The summed E-state index contributed by atoms with van der Waals surface area (Å²) < 4.78 is 45.3. The van der Waals surface area contributed by atoms with Gasteiger partial charge in [0.05, 0.1) is 7.11 Å². The number of primary amides is 1. The molecule has 1 aromatic rings. The van der Waals surface area contributed by atoms with Gasteiger partial charge in [-0.3, -0.25) is 4.79 Å². The molecule has 0 heterocycles. The first kappa shape index (κ1) is 13.1. The van der Waals surface area contributed by atoms with E-state index in [4.69, 9.17) is 10.5 Å². The van der Waals surface area contributed by atoms with E-state index in [0.717, 1.165) is 6.07 Å². The maximum atomic E-state index is 12.0. The Bertz CT molecular complexity index is 418. The first-order valence-electron chi connectivity index (χ1n) is 4.51. The second kappa shape index (κ2) is 4.94. The van der Waals surface area contributed by atoms with Gasteiger partial charge in [-0.15, -0.1) is 0 Å². The zero-order valence-electron chi connectivity index (χ0n) is 8.88. The van der Waals surface area contributed by atoms with Crippen molar-refractivity contribution in [1.82, 2.24) is 0 Å². The van der Waals surface area contributed by atoms with Crippen molar-refractivity contribution in [3.63, 3.8) is 0 Å². The fraction of sp³-hybridized carbons (Fsp3) is 0.300. The number of methoxy groups -OCH3 is 1. The highest BCUT2D eigenvalue weighted by molar-refractivity contribution is 5.93. The molecule has 0 saturated carbocycles. The van der Waals surface area contributed by atoms with Gasteiger partial charge in [-0.25, -0.2) is 0 Å². The van der Waals surface area contributed by atoms with Crippen molar-refractivity contribution in [2.75, 3.05) is 13.7 Å². The molecule has 2 N–H and O–H groups in total. The SMILES string of the molecule is COc1ccc(C(N)=O)cc1OCC(F)(F)F. The van der Waals surface area contributed by atoms with Crippen molar-refractivity contribution in [1.29, 1.82) is 0 Å². The van der Waals surface area contributed by atoms with Crippen LogP contribution in [-0.4, -0.2) is 25.8 Å². The number of hydrogen-bond acceptors (Lipinski definition) is 3. The third-order valence-corrected chi connectivity index (χ3v) is 1.84. The van der Waals surface area contributed by atoms with E-state index in [0.29, 0.717) is 0 Å². The second-order valence-electron chi connectivity index (χ2n) is 3.13. The van der Waals surface area contributed by atoms with Crippen molar-refractivity contribution in [2.45, 2.75) is 6.18 Å². The summed E-state index contributed by atoms with van der Waals surface area (Å²) in [5, 5.41) is 0. The van der Waals surface area contributed by atoms with Gasteiger partial charge in [-0.05, 0) is 18.2 Å². The van der Waals surface area contributed by atoms with Crippen LogP contribution < -0.4 is 15.2 Å². The highest BCUT2D eigenvalue weighted by Gasteiger charge is 2.29. The van der Waals surface area contributed by atoms with Crippen molar-refractivity contribution in [3.05, 3.63) is 23.8 Å². The molecule has 1 aromatic carbocycles. The van der Waals surface area contributed by atoms with E-state index in [1.807, 2.05) is 0 Å². The quantitative estimate of drug-likeness (QED) is 0.884. The molecule has 1 amide bonds. The van der Waals surface area contributed by atoms with Gasteiger partial charge in [-0.1, -0.05) is 0 Å². The van der Waals surface area contributed by atoms with Crippen LogP contribution in [0.4, 0.5) is 13.2 Å². The normalized spacial score (nSPS) is 11.1. The Kier molecular flexibility index (Phi) is 3.82. The molecule has 0 spiro atoms. The summed E-state index contributed by atoms with van der Waals surface area (Å²) in [4.78, 5) is 10.9. The Morgan fingerprint density at radius 1 is 1.35 bits per heavy atom. The molecule has 94 valence electrons. The monoisotopic (exact) mass is 249 g/mol. The van der Waals surface area contributed by atoms with Gasteiger partial charge in [0.25, 0.3) is 0 Å². The highest BCUT2D eigenvalue weighted by atomic mass is 19.4. The summed E-state index contributed by atoms with van der Waals surface area (Å²) in [6.07, 6.45) is -4.46. The number of nitrogens with two attached hydrogens (primary N) is 1. The molecule has 0 aromatic heterocycles. The maximum absolute atomic E-state index is 12.0. The van der Waals surface area contributed by atoms with E-state index in [1.54, 1.807) is 0 Å². The zero-order chi connectivity index (χ0) is 13.1. The Labute approximate surface area is 95.1 Å². The summed E-state index contributed by atoms with van der Waals surface area (Å²) in [6.45, 7) is -1.47. The molecule has 4 nitrogen and oxygen atoms in total. The molecule has 1 rings (SSSR count). The number of carbonyl (C=O) groups excluding carboxylic acids is 1. The molecule has 0 aliphatic heterocycles. The standard InChI is InChI=1S/C10H10F3NO3/c1-16-7-3-2-6(9(14)15)4-8(7)17-5-10(11,12)13/h2-4H,5H2,1H3,(H2,14,15). The van der Waals surface area contributed by atoms with Crippen LogP contribution in [0.2, 0.25) is 0 Å². The van der Waals surface area contributed by atoms with Crippen LogP contribution >= 0.6 is 0 Å². The van der Waals surface area contributed by atoms with Gasteiger partial charge >= 0.3 is 6.18 Å².